The normalized spacial score (nSPS) is 24.8. The number of carbonyl (C=O) groups is 1. The van der Waals surface area contributed by atoms with Crippen molar-refractivity contribution >= 4 is 5.91 Å². The molecule has 0 aromatic rings. The predicted octanol–water partition coefficient (Wildman–Crippen LogP) is 11.6. The van der Waals surface area contributed by atoms with E-state index in [1.807, 2.05) is 6.08 Å². The molecule has 2 heterocycles. The number of ether oxygens (including phenoxy) is 4. The summed E-state index contributed by atoms with van der Waals surface area (Å²) in [4.78, 5) is 13.2. The number of rotatable bonds is 51. The van der Waals surface area contributed by atoms with Crippen molar-refractivity contribution in [3.05, 3.63) is 48.6 Å². The van der Waals surface area contributed by atoms with Crippen molar-refractivity contribution in [1.82, 2.24) is 5.32 Å². The fourth-order valence-corrected chi connectivity index (χ4v) is 10.3. The van der Waals surface area contributed by atoms with Gasteiger partial charge in [-0.05, 0) is 57.8 Å². The van der Waals surface area contributed by atoms with Gasteiger partial charge in [0.2, 0.25) is 5.91 Å². The maximum atomic E-state index is 13.2. The first-order valence-corrected chi connectivity index (χ1v) is 31.9. The van der Waals surface area contributed by atoms with Crippen LogP contribution < -0.4 is 5.32 Å². The van der Waals surface area contributed by atoms with Gasteiger partial charge in [-0.15, -0.1) is 0 Å². The Kier molecular flexibility index (Phi) is 45.8. The standard InChI is InChI=1S/C64H117NO13/c1-3-5-7-9-11-13-15-17-19-20-21-22-23-24-25-26-27-28-29-30-31-32-33-34-35-37-39-41-43-45-47-53(68)52(65-56(69)48-46-44-42-40-38-36-18-16-14-12-10-8-6-4-2)51-75-63-61(74)59(72)62(55(50-67)77-63)78-64-60(73)58(71)57(70)54(49-66)76-64/h10,12,16,18,37,39,45,47,52-55,57-64,66-68,70-74H,3-9,11,13-15,17,19-36,38,40-44,46,48-51H2,1-2H3,(H,65,69)/b12-10-,18-16-,39-37+,47-45+. The third-order valence-electron chi connectivity index (χ3n) is 15.5. The number of allylic oxidation sites excluding steroid dienone is 7. The second-order valence-electron chi connectivity index (χ2n) is 22.5. The minimum Gasteiger partial charge on any atom is -0.394 e. The van der Waals surface area contributed by atoms with Crippen LogP contribution in [0.25, 0.3) is 0 Å². The van der Waals surface area contributed by atoms with Gasteiger partial charge in [-0.1, -0.05) is 242 Å². The molecule has 0 spiro atoms. The summed E-state index contributed by atoms with van der Waals surface area (Å²) in [5.74, 6) is -0.263. The van der Waals surface area contributed by atoms with Gasteiger partial charge in [0, 0.05) is 6.42 Å². The van der Waals surface area contributed by atoms with Gasteiger partial charge in [0.1, 0.15) is 48.8 Å². The lowest BCUT2D eigenvalue weighted by Crippen LogP contribution is -2.65. The second kappa shape index (κ2) is 49.5. The molecule has 2 aliphatic rings. The topological polar surface area (TPSA) is 228 Å². The molecule has 9 N–H and O–H groups in total. The number of amides is 1. The summed E-state index contributed by atoms with van der Waals surface area (Å²) < 4.78 is 22.8. The highest BCUT2D eigenvalue weighted by Gasteiger charge is 2.51. The quantitative estimate of drug-likeness (QED) is 0.0204. The smallest absolute Gasteiger partial charge is 0.220 e. The molecule has 12 atom stereocenters. The number of nitrogens with one attached hydrogen (secondary N) is 1. The van der Waals surface area contributed by atoms with E-state index >= 15 is 0 Å². The molecule has 0 aromatic carbocycles. The Labute approximate surface area is 473 Å². The Morgan fingerprint density at radius 2 is 0.872 bits per heavy atom. The van der Waals surface area contributed by atoms with E-state index in [0.29, 0.717) is 12.8 Å². The van der Waals surface area contributed by atoms with E-state index in [1.165, 1.54) is 167 Å². The molecule has 0 bridgehead atoms. The van der Waals surface area contributed by atoms with Crippen molar-refractivity contribution in [2.24, 2.45) is 0 Å². The largest absolute Gasteiger partial charge is 0.394 e. The van der Waals surface area contributed by atoms with Crippen LogP contribution in [0.1, 0.15) is 258 Å². The van der Waals surface area contributed by atoms with Crippen LogP contribution in [-0.2, 0) is 23.7 Å². The SMILES string of the molecule is CCCC/C=C\C/C=C\CCCCCCCC(=O)NC(COC1OC(CO)C(OC2OC(CO)C(O)C(O)C2O)C(O)C1O)C(O)/C=C/CC/C=C/CCCCCCCCCCCCCCCCCCCCCCCCCC. The predicted molar refractivity (Wildman–Crippen MR) is 314 cm³/mol. The molecule has 2 saturated heterocycles. The van der Waals surface area contributed by atoms with Crippen LogP contribution in [0, 0.1) is 0 Å². The van der Waals surface area contributed by atoms with Crippen molar-refractivity contribution in [2.45, 2.75) is 331 Å². The molecular formula is C64H117NO13. The number of carbonyl (C=O) groups excluding carboxylic acids is 1. The van der Waals surface area contributed by atoms with Gasteiger partial charge in [-0.25, -0.2) is 0 Å². The Morgan fingerprint density at radius 3 is 1.37 bits per heavy atom. The highest BCUT2D eigenvalue weighted by molar-refractivity contribution is 5.76. The van der Waals surface area contributed by atoms with E-state index in [0.717, 1.165) is 57.8 Å². The van der Waals surface area contributed by atoms with Gasteiger partial charge >= 0.3 is 0 Å². The molecule has 12 unspecified atom stereocenters. The van der Waals surface area contributed by atoms with Crippen molar-refractivity contribution in [3.8, 4) is 0 Å². The lowest BCUT2D eigenvalue weighted by atomic mass is 9.97. The number of aliphatic hydroxyl groups is 8. The molecule has 0 saturated carbocycles. The fraction of sp³-hybridized carbons (Fsp3) is 0.859. The van der Waals surface area contributed by atoms with Crippen LogP contribution >= 0.6 is 0 Å². The highest BCUT2D eigenvalue weighted by atomic mass is 16.7. The Bertz CT molecular complexity index is 1490. The summed E-state index contributed by atoms with van der Waals surface area (Å²) in [6.45, 7) is 2.74. The molecule has 2 aliphatic heterocycles. The zero-order valence-electron chi connectivity index (χ0n) is 49.2. The Morgan fingerprint density at radius 1 is 0.462 bits per heavy atom. The summed E-state index contributed by atoms with van der Waals surface area (Å²) in [6.07, 6.45) is 46.1. The molecule has 2 fully saturated rings. The second-order valence-corrected chi connectivity index (χ2v) is 22.5. The number of aliphatic hydroxyl groups excluding tert-OH is 8. The molecule has 0 aliphatic carbocycles. The molecule has 456 valence electrons. The van der Waals surface area contributed by atoms with Crippen molar-refractivity contribution in [2.75, 3.05) is 19.8 Å². The molecule has 14 heteroatoms. The summed E-state index contributed by atoms with van der Waals surface area (Å²) in [6, 6.07) is -0.940. The zero-order chi connectivity index (χ0) is 56.7. The molecular weight excluding hydrogens is 991 g/mol. The van der Waals surface area contributed by atoms with Crippen molar-refractivity contribution in [3.63, 3.8) is 0 Å². The third-order valence-corrected chi connectivity index (χ3v) is 15.5. The van der Waals surface area contributed by atoms with Gasteiger partial charge in [0.05, 0.1) is 32.0 Å². The lowest BCUT2D eigenvalue weighted by Gasteiger charge is -2.46. The van der Waals surface area contributed by atoms with E-state index in [4.69, 9.17) is 18.9 Å². The Hall–Kier alpha value is -2.05. The van der Waals surface area contributed by atoms with E-state index in [2.05, 4.69) is 55.6 Å². The van der Waals surface area contributed by atoms with E-state index in [-0.39, 0.29) is 18.9 Å². The first kappa shape index (κ1) is 72.1. The summed E-state index contributed by atoms with van der Waals surface area (Å²) in [5, 5.41) is 87.1. The lowest BCUT2D eigenvalue weighted by molar-refractivity contribution is -0.359. The number of hydrogen-bond acceptors (Lipinski definition) is 13. The third kappa shape index (κ3) is 34.4. The average Bonchev–Trinajstić information content (AvgIpc) is 3.48. The highest BCUT2D eigenvalue weighted by Crippen LogP contribution is 2.30. The van der Waals surface area contributed by atoms with Gasteiger partial charge in [-0.3, -0.25) is 4.79 Å². The van der Waals surface area contributed by atoms with Crippen LogP contribution in [0.15, 0.2) is 48.6 Å². The van der Waals surface area contributed by atoms with E-state index in [9.17, 15) is 45.6 Å². The first-order valence-electron chi connectivity index (χ1n) is 31.9. The number of unbranched alkanes of at least 4 members (excludes halogenated alkanes) is 32. The summed E-state index contributed by atoms with van der Waals surface area (Å²) >= 11 is 0. The monoisotopic (exact) mass is 1110 g/mol. The maximum Gasteiger partial charge on any atom is 0.220 e. The van der Waals surface area contributed by atoms with Crippen LogP contribution in [0.3, 0.4) is 0 Å². The van der Waals surface area contributed by atoms with E-state index < -0.39 is 86.8 Å². The minimum atomic E-state index is -1.79. The van der Waals surface area contributed by atoms with Gasteiger partial charge in [-0.2, -0.15) is 0 Å². The first-order chi connectivity index (χ1) is 38.1. The molecule has 78 heavy (non-hydrogen) atoms. The van der Waals surface area contributed by atoms with Crippen LogP contribution in [0.2, 0.25) is 0 Å². The van der Waals surface area contributed by atoms with Crippen LogP contribution in [0.4, 0.5) is 0 Å². The van der Waals surface area contributed by atoms with Crippen LogP contribution in [-0.4, -0.2) is 140 Å². The van der Waals surface area contributed by atoms with E-state index in [1.54, 1.807) is 6.08 Å². The van der Waals surface area contributed by atoms with Gasteiger partial charge in [0.15, 0.2) is 12.6 Å². The zero-order valence-corrected chi connectivity index (χ0v) is 49.2. The molecule has 1 amide bonds. The summed E-state index contributed by atoms with van der Waals surface area (Å²) in [7, 11) is 0. The van der Waals surface area contributed by atoms with Crippen molar-refractivity contribution in [1.29, 1.82) is 0 Å². The Balaban J connectivity index is 1.70. The molecule has 2 rings (SSSR count). The minimum absolute atomic E-state index is 0.256. The number of hydrogen-bond donors (Lipinski definition) is 9. The molecule has 14 nitrogen and oxygen atoms in total. The maximum absolute atomic E-state index is 13.2. The van der Waals surface area contributed by atoms with Crippen LogP contribution in [0.5, 0.6) is 0 Å². The van der Waals surface area contributed by atoms with Gasteiger partial charge in [0.25, 0.3) is 0 Å². The molecule has 0 aromatic heterocycles. The fourth-order valence-electron chi connectivity index (χ4n) is 10.3. The van der Waals surface area contributed by atoms with Gasteiger partial charge < -0.3 is 65.1 Å². The molecule has 0 radical (unpaired) electrons. The average molecular weight is 1110 g/mol. The summed E-state index contributed by atoms with van der Waals surface area (Å²) in [5.41, 5.74) is 0. The van der Waals surface area contributed by atoms with Crippen molar-refractivity contribution < 1.29 is 64.6 Å².